The first-order chi connectivity index (χ1) is 12.5. The summed E-state index contributed by atoms with van der Waals surface area (Å²) in [7, 11) is 4.03. The summed E-state index contributed by atoms with van der Waals surface area (Å²) in [6.45, 7) is 6.69. The highest BCUT2D eigenvalue weighted by Gasteiger charge is 2.23. The maximum absolute atomic E-state index is 12.8. The van der Waals surface area contributed by atoms with Crippen molar-refractivity contribution in [3.8, 4) is 0 Å². The van der Waals surface area contributed by atoms with E-state index in [-0.39, 0.29) is 5.91 Å². The summed E-state index contributed by atoms with van der Waals surface area (Å²) < 4.78 is 1.91. The molecule has 1 saturated heterocycles. The van der Waals surface area contributed by atoms with Crippen LogP contribution in [0.5, 0.6) is 0 Å². The standard InChI is InChI=1S/C19H28N6O/c1-13-5-6-17(15(11-13)12-24(3)4)21-19(26)18-14(2)25(23-22-18)16-7-9-20-10-8-16/h5-6,11,16,20H,7-10,12H2,1-4H3,(H,21,26). The third-order valence-electron chi connectivity index (χ3n) is 4.79. The van der Waals surface area contributed by atoms with Crippen molar-refractivity contribution in [1.29, 1.82) is 0 Å². The Morgan fingerprint density at radius 1 is 1.31 bits per heavy atom. The smallest absolute Gasteiger partial charge is 0.278 e. The van der Waals surface area contributed by atoms with Gasteiger partial charge in [0.15, 0.2) is 5.69 Å². The second-order valence-corrected chi connectivity index (χ2v) is 7.30. The van der Waals surface area contributed by atoms with Crippen LogP contribution >= 0.6 is 0 Å². The number of carbonyl (C=O) groups is 1. The number of nitrogens with one attached hydrogen (secondary N) is 2. The van der Waals surface area contributed by atoms with Crippen LogP contribution in [-0.4, -0.2) is 53.0 Å². The van der Waals surface area contributed by atoms with Gasteiger partial charge in [-0.1, -0.05) is 22.9 Å². The van der Waals surface area contributed by atoms with Gasteiger partial charge in [0.2, 0.25) is 0 Å². The third kappa shape index (κ3) is 4.11. The van der Waals surface area contributed by atoms with Gasteiger partial charge in [-0.2, -0.15) is 0 Å². The highest BCUT2D eigenvalue weighted by molar-refractivity contribution is 6.03. The Hall–Kier alpha value is -2.25. The summed E-state index contributed by atoms with van der Waals surface area (Å²) in [6.07, 6.45) is 2.02. The van der Waals surface area contributed by atoms with Gasteiger partial charge in [-0.3, -0.25) is 4.79 Å². The lowest BCUT2D eigenvalue weighted by Gasteiger charge is -2.23. The third-order valence-corrected chi connectivity index (χ3v) is 4.79. The lowest BCUT2D eigenvalue weighted by atomic mass is 10.1. The zero-order chi connectivity index (χ0) is 18.7. The molecule has 0 spiro atoms. The first-order valence-electron chi connectivity index (χ1n) is 9.14. The van der Waals surface area contributed by atoms with E-state index in [1.54, 1.807) is 0 Å². The lowest BCUT2D eigenvalue weighted by molar-refractivity contribution is 0.102. The van der Waals surface area contributed by atoms with Crippen LogP contribution in [0.4, 0.5) is 5.69 Å². The quantitative estimate of drug-likeness (QED) is 0.858. The van der Waals surface area contributed by atoms with Crippen molar-refractivity contribution < 1.29 is 4.79 Å². The molecule has 0 radical (unpaired) electrons. The second-order valence-electron chi connectivity index (χ2n) is 7.30. The molecule has 1 aromatic carbocycles. The fourth-order valence-corrected chi connectivity index (χ4v) is 3.45. The fourth-order valence-electron chi connectivity index (χ4n) is 3.45. The van der Waals surface area contributed by atoms with E-state index in [9.17, 15) is 4.79 Å². The number of amides is 1. The highest BCUT2D eigenvalue weighted by atomic mass is 16.2. The van der Waals surface area contributed by atoms with Crippen LogP contribution in [0, 0.1) is 13.8 Å². The molecule has 0 bridgehead atoms. The van der Waals surface area contributed by atoms with Gasteiger partial charge in [0, 0.05) is 12.2 Å². The van der Waals surface area contributed by atoms with Crippen LogP contribution in [-0.2, 0) is 6.54 Å². The van der Waals surface area contributed by atoms with E-state index in [0.717, 1.165) is 49.4 Å². The molecule has 2 heterocycles. The average Bonchev–Trinajstić information content (AvgIpc) is 2.99. The Labute approximate surface area is 154 Å². The molecule has 26 heavy (non-hydrogen) atoms. The molecule has 2 N–H and O–H groups in total. The SMILES string of the molecule is Cc1ccc(NC(=O)c2nnn(C3CCNCC3)c2C)c(CN(C)C)c1. The topological polar surface area (TPSA) is 75.1 Å². The second kappa shape index (κ2) is 7.97. The largest absolute Gasteiger partial charge is 0.320 e. The first kappa shape index (κ1) is 18.5. The predicted molar refractivity (Wildman–Crippen MR) is 102 cm³/mol. The van der Waals surface area contributed by atoms with E-state index in [1.807, 2.05) is 37.8 Å². The molecule has 7 nitrogen and oxygen atoms in total. The Balaban J connectivity index is 1.79. The molecule has 140 valence electrons. The van der Waals surface area contributed by atoms with Crippen molar-refractivity contribution in [2.75, 3.05) is 32.5 Å². The number of anilines is 1. The van der Waals surface area contributed by atoms with Gasteiger partial charge in [0.25, 0.3) is 5.91 Å². The van der Waals surface area contributed by atoms with Crippen LogP contribution in [0.1, 0.15) is 46.2 Å². The summed E-state index contributed by atoms with van der Waals surface area (Å²) >= 11 is 0. The maximum Gasteiger partial charge on any atom is 0.278 e. The van der Waals surface area contributed by atoms with Gasteiger partial charge in [0.05, 0.1) is 11.7 Å². The summed E-state index contributed by atoms with van der Waals surface area (Å²) in [5.74, 6) is -0.202. The summed E-state index contributed by atoms with van der Waals surface area (Å²) in [6, 6.07) is 6.38. The molecule has 2 aromatic rings. The minimum Gasteiger partial charge on any atom is -0.320 e. The van der Waals surface area contributed by atoms with Gasteiger partial charge >= 0.3 is 0 Å². The molecular formula is C19H28N6O. The van der Waals surface area contributed by atoms with Crippen molar-refractivity contribution in [3.05, 3.63) is 40.7 Å². The highest BCUT2D eigenvalue weighted by Crippen LogP contribution is 2.22. The molecular weight excluding hydrogens is 328 g/mol. The molecule has 0 atom stereocenters. The summed E-state index contributed by atoms with van der Waals surface area (Å²) in [5.41, 5.74) is 4.32. The van der Waals surface area contributed by atoms with Gasteiger partial charge in [-0.15, -0.1) is 5.10 Å². The molecule has 1 amide bonds. The minimum atomic E-state index is -0.202. The van der Waals surface area contributed by atoms with Crippen molar-refractivity contribution in [2.24, 2.45) is 0 Å². The van der Waals surface area contributed by atoms with E-state index < -0.39 is 0 Å². The minimum absolute atomic E-state index is 0.202. The normalized spacial score (nSPS) is 15.4. The maximum atomic E-state index is 12.8. The van der Waals surface area contributed by atoms with Crippen molar-refractivity contribution in [3.63, 3.8) is 0 Å². The van der Waals surface area contributed by atoms with E-state index in [2.05, 4.69) is 38.8 Å². The van der Waals surface area contributed by atoms with Crippen LogP contribution in [0.2, 0.25) is 0 Å². The summed E-state index contributed by atoms with van der Waals surface area (Å²) in [5, 5.41) is 14.8. The zero-order valence-electron chi connectivity index (χ0n) is 16.0. The lowest BCUT2D eigenvalue weighted by Crippen LogP contribution is -2.30. The average molecular weight is 356 g/mol. The van der Waals surface area contributed by atoms with Gasteiger partial charge < -0.3 is 15.5 Å². The van der Waals surface area contributed by atoms with Gasteiger partial charge in [-0.25, -0.2) is 4.68 Å². The van der Waals surface area contributed by atoms with E-state index in [0.29, 0.717) is 11.7 Å². The molecule has 0 saturated carbocycles. The number of rotatable bonds is 5. The van der Waals surface area contributed by atoms with Crippen molar-refractivity contribution >= 4 is 11.6 Å². The fraction of sp³-hybridized carbons (Fsp3) is 0.526. The molecule has 1 aliphatic heterocycles. The van der Waals surface area contributed by atoms with Crippen molar-refractivity contribution in [1.82, 2.24) is 25.2 Å². The number of carbonyl (C=O) groups excluding carboxylic acids is 1. The number of hydrogen-bond donors (Lipinski definition) is 2. The molecule has 1 aliphatic rings. The number of piperidine rings is 1. The van der Waals surface area contributed by atoms with Crippen LogP contribution in [0.3, 0.4) is 0 Å². The molecule has 1 fully saturated rings. The molecule has 0 aliphatic carbocycles. The number of aromatic nitrogens is 3. The number of hydrogen-bond acceptors (Lipinski definition) is 5. The Morgan fingerprint density at radius 2 is 2.04 bits per heavy atom. The molecule has 0 unspecified atom stereocenters. The molecule has 7 heteroatoms. The number of aryl methyl sites for hydroxylation is 1. The van der Waals surface area contributed by atoms with Crippen LogP contribution in [0.25, 0.3) is 0 Å². The van der Waals surface area contributed by atoms with Gasteiger partial charge in [0.1, 0.15) is 0 Å². The van der Waals surface area contributed by atoms with Crippen LogP contribution < -0.4 is 10.6 Å². The molecule has 1 aromatic heterocycles. The van der Waals surface area contributed by atoms with E-state index in [4.69, 9.17) is 0 Å². The van der Waals surface area contributed by atoms with Crippen molar-refractivity contribution in [2.45, 2.75) is 39.3 Å². The molecule has 3 rings (SSSR count). The Bertz CT molecular complexity index is 776. The summed E-state index contributed by atoms with van der Waals surface area (Å²) in [4.78, 5) is 14.9. The number of nitrogens with zero attached hydrogens (tertiary/aromatic N) is 4. The predicted octanol–water partition coefficient (Wildman–Crippen LogP) is 2.13. The monoisotopic (exact) mass is 356 g/mol. The Morgan fingerprint density at radius 3 is 2.73 bits per heavy atom. The zero-order valence-corrected chi connectivity index (χ0v) is 16.0. The van der Waals surface area contributed by atoms with Crippen LogP contribution in [0.15, 0.2) is 18.2 Å². The Kier molecular flexibility index (Phi) is 5.68. The van der Waals surface area contributed by atoms with E-state index in [1.165, 1.54) is 5.56 Å². The first-order valence-corrected chi connectivity index (χ1v) is 9.14. The van der Waals surface area contributed by atoms with Gasteiger partial charge in [-0.05, 0) is 65.5 Å². The number of benzene rings is 1. The van der Waals surface area contributed by atoms with E-state index >= 15 is 0 Å².